The van der Waals surface area contributed by atoms with E-state index >= 15 is 0 Å². The number of fused-ring (bicyclic) bond motifs is 1. The van der Waals surface area contributed by atoms with Crippen LogP contribution >= 0.6 is 11.3 Å². The van der Waals surface area contributed by atoms with Gasteiger partial charge in [-0.25, -0.2) is 9.97 Å². The molecule has 1 N–H and O–H groups in total. The average molecular weight is 306 g/mol. The van der Waals surface area contributed by atoms with E-state index in [1.54, 1.807) is 17.7 Å². The van der Waals surface area contributed by atoms with E-state index < -0.39 is 0 Å². The summed E-state index contributed by atoms with van der Waals surface area (Å²) in [6.07, 6.45) is 1.68. The second kappa shape index (κ2) is 6.25. The van der Waals surface area contributed by atoms with Crippen LogP contribution < -0.4 is 10.2 Å². The molecule has 0 spiro atoms. The van der Waals surface area contributed by atoms with Crippen LogP contribution in [0.15, 0.2) is 12.4 Å². The molecular formula is C15H22N4OS. The number of anilines is 1. The van der Waals surface area contributed by atoms with Gasteiger partial charge < -0.3 is 15.0 Å². The van der Waals surface area contributed by atoms with Gasteiger partial charge in [-0.15, -0.1) is 11.3 Å². The molecule has 1 saturated heterocycles. The zero-order valence-corrected chi connectivity index (χ0v) is 13.6. The molecule has 2 aromatic heterocycles. The lowest BCUT2D eigenvalue weighted by molar-refractivity contribution is 0.0929. The van der Waals surface area contributed by atoms with Crippen LogP contribution in [0.2, 0.25) is 0 Å². The number of ether oxygens (including phenoxy) is 1. The molecule has 3 heterocycles. The van der Waals surface area contributed by atoms with Crippen molar-refractivity contribution in [2.24, 2.45) is 0 Å². The normalized spacial score (nSPS) is 19.6. The van der Waals surface area contributed by atoms with Crippen molar-refractivity contribution in [1.29, 1.82) is 0 Å². The zero-order valence-electron chi connectivity index (χ0n) is 12.8. The molecule has 0 amide bonds. The van der Waals surface area contributed by atoms with Crippen LogP contribution in [0.3, 0.4) is 0 Å². The van der Waals surface area contributed by atoms with Crippen LogP contribution in [0, 0.1) is 6.92 Å². The maximum absolute atomic E-state index is 5.66. The molecule has 3 rings (SSSR count). The fourth-order valence-corrected chi connectivity index (χ4v) is 3.51. The number of thiophene rings is 1. The highest BCUT2D eigenvalue weighted by molar-refractivity contribution is 7.18. The third-order valence-electron chi connectivity index (χ3n) is 3.69. The molecular weight excluding hydrogens is 284 g/mol. The molecule has 2 aromatic rings. The van der Waals surface area contributed by atoms with Crippen molar-refractivity contribution >= 4 is 27.4 Å². The van der Waals surface area contributed by atoms with E-state index in [4.69, 9.17) is 4.74 Å². The Bertz CT molecular complexity index is 613. The van der Waals surface area contributed by atoms with Gasteiger partial charge in [0.15, 0.2) is 0 Å². The van der Waals surface area contributed by atoms with Gasteiger partial charge in [0, 0.05) is 24.0 Å². The number of hydrogen-bond donors (Lipinski definition) is 1. The predicted molar refractivity (Wildman–Crippen MR) is 87.2 cm³/mol. The number of morpholine rings is 1. The van der Waals surface area contributed by atoms with Crippen molar-refractivity contribution in [1.82, 2.24) is 15.3 Å². The van der Waals surface area contributed by atoms with Crippen molar-refractivity contribution in [3.8, 4) is 0 Å². The Morgan fingerprint density at radius 1 is 1.48 bits per heavy atom. The third-order valence-corrected chi connectivity index (χ3v) is 4.65. The lowest BCUT2D eigenvalue weighted by atomic mass is 10.2. The molecule has 21 heavy (non-hydrogen) atoms. The van der Waals surface area contributed by atoms with Gasteiger partial charge in [0.05, 0.1) is 24.6 Å². The maximum atomic E-state index is 5.66. The first-order valence-electron chi connectivity index (χ1n) is 7.44. The molecule has 1 fully saturated rings. The molecule has 0 radical (unpaired) electrons. The zero-order chi connectivity index (χ0) is 14.8. The van der Waals surface area contributed by atoms with E-state index in [9.17, 15) is 0 Å². The van der Waals surface area contributed by atoms with Crippen LogP contribution in [-0.2, 0) is 4.74 Å². The highest BCUT2D eigenvalue weighted by atomic mass is 32.1. The summed E-state index contributed by atoms with van der Waals surface area (Å²) in [4.78, 5) is 13.7. The minimum absolute atomic E-state index is 0.319. The minimum atomic E-state index is 0.319. The number of aromatic nitrogens is 2. The fraction of sp³-hybridized carbons (Fsp3) is 0.600. The Morgan fingerprint density at radius 3 is 3.14 bits per heavy atom. The Morgan fingerprint density at radius 2 is 2.33 bits per heavy atom. The second-order valence-electron chi connectivity index (χ2n) is 5.76. The van der Waals surface area contributed by atoms with E-state index in [0.717, 1.165) is 42.3 Å². The summed E-state index contributed by atoms with van der Waals surface area (Å²) in [6, 6.07) is 2.99. The molecule has 6 heteroatoms. The third kappa shape index (κ3) is 3.17. The average Bonchev–Trinajstić information content (AvgIpc) is 2.85. The standard InChI is InChI=1S/C15H22N4OS/c1-10(2)16-7-12-8-20-5-4-19(12)14-13-6-11(3)21-15(13)18-9-17-14/h6,9-10,12,16H,4-5,7-8H2,1-3H3. The number of rotatable bonds is 4. The van der Waals surface area contributed by atoms with Gasteiger partial charge in [0.2, 0.25) is 0 Å². The van der Waals surface area contributed by atoms with Crippen molar-refractivity contribution in [2.45, 2.75) is 32.9 Å². The number of nitrogens with one attached hydrogen (secondary N) is 1. The van der Waals surface area contributed by atoms with Gasteiger partial charge in [0.1, 0.15) is 17.0 Å². The Balaban J connectivity index is 1.90. The quantitative estimate of drug-likeness (QED) is 0.938. The molecule has 5 nitrogen and oxygen atoms in total. The number of nitrogens with zero attached hydrogens (tertiary/aromatic N) is 3. The van der Waals surface area contributed by atoms with E-state index in [2.05, 4.69) is 47.0 Å². The van der Waals surface area contributed by atoms with Gasteiger partial charge in [-0.3, -0.25) is 0 Å². The lowest BCUT2D eigenvalue weighted by Crippen LogP contribution is -2.51. The smallest absolute Gasteiger partial charge is 0.141 e. The summed E-state index contributed by atoms with van der Waals surface area (Å²) < 4.78 is 5.66. The summed E-state index contributed by atoms with van der Waals surface area (Å²) in [5, 5.41) is 4.67. The highest BCUT2D eigenvalue weighted by Crippen LogP contribution is 2.31. The van der Waals surface area contributed by atoms with Gasteiger partial charge in [0.25, 0.3) is 0 Å². The molecule has 114 valence electrons. The SMILES string of the molecule is Cc1cc2c(N3CCOCC3CNC(C)C)ncnc2s1. The first-order chi connectivity index (χ1) is 10.1. The largest absolute Gasteiger partial charge is 0.377 e. The van der Waals surface area contributed by atoms with E-state index in [-0.39, 0.29) is 0 Å². The van der Waals surface area contributed by atoms with Crippen molar-refractivity contribution in [2.75, 3.05) is 31.2 Å². The maximum Gasteiger partial charge on any atom is 0.141 e. The molecule has 1 aliphatic heterocycles. The van der Waals surface area contributed by atoms with E-state index in [1.807, 2.05) is 0 Å². The summed E-state index contributed by atoms with van der Waals surface area (Å²) in [5.41, 5.74) is 0. The predicted octanol–water partition coefficient (Wildman–Crippen LogP) is 2.20. The van der Waals surface area contributed by atoms with E-state index in [0.29, 0.717) is 12.1 Å². The molecule has 0 aromatic carbocycles. The fourth-order valence-electron chi connectivity index (χ4n) is 2.67. The molecule has 0 aliphatic carbocycles. The van der Waals surface area contributed by atoms with Crippen LogP contribution in [0.4, 0.5) is 5.82 Å². The summed E-state index contributed by atoms with van der Waals surface area (Å²) in [5.74, 6) is 1.04. The van der Waals surface area contributed by atoms with Crippen LogP contribution in [0.5, 0.6) is 0 Å². The monoisotopic (exact) mass is 306 g/mol. The van der Waals surface area contributed by atoms with E-state index in [1.165, 1.54) is 4.88 Å². The second-order valence-corrected chi connectivity index (χ2v) is 6.99. The van der Waals surface area contributed by atoms with Gasteiger partial charge in [-0.1, -0.05) is 13.8 Å². The molecule has 1 aliphatic rings. The topological polar surface area (TPSA) is 50.3 Å². The number of hydrogen-bond acceptors (Lipinski definition) is 6. The Labute approximate surface area is 129 Å². The van der Waals surface area contributed by atoms with Crippen molar-refractivity contribution < 1.29 is 4.74 Å². The summed E-state index contributed by atoms with van der Waals surface area (Å²) in [7, 11) is 0. The molecule has 0 saturated carbocycles. The van der Waals surface area contributed by atoms with Crippen LogP contribution in [0.25, 0.3) is 10.2 Å². The van der Waals surface area contributed by atoms with Crippen molar-refractivity contribution in [3.63, 3.8) is 0 Å². The first kappa shape index (κ1) is 14.7. The highest BCUT2D eigenvalue weighted by Gasteiger charge is 2.26. The minimum Gasteiger partial charge on any atom is -0.377 e. The van der Waals surface area contributed by atoms with Gasteiger partial charge in [-0.05, 0) is 13.0 Å². The van der Waals surface area contributed by atoms with Crippen LogP contribution in [-0.4, -0.2) is 48.4 Å². The summed E-state index contributed by atoms with van der Waals surface area (Å²) >= 11 is 1.73. The number of aryl methyl sites for hydroxylation is 1. The van der Waals surface area contributed by atoms with Crippen molar-refractivity contribution in [3.05, 3.63) is 17.3 Å². The van der Waals surface area contributed by atoms with Gasteiger partial charge >= 0.3 is 0 Å². The first-order valence-corrected chi connectivity index (χ1v) is 8.25. The molecule has 0 bridgehead atoms. The van der Waals surface area contributed by atoms with Gasteiger partial charge in [-0.2, -0.15) is 0 Å². The molecule has 1 unspecified atom stereocenters. The van der Waals surface area contributed by atoms with Crippen LogP contribution in [0.1, 0.15) is 18.7 Å². The Hall–Kier alpha value is -1.24. The lowest BCUT2D eigenvalue weighted by Gasteiger charge is -2.37. The Kier molecular flexibility index (Phi) is 4.37. The molecule has 1 atom stereocenters. The summed E-state index contributed by atoms with van der Waals surface area (Å²) in [6.45, 7) is 9.74.